The van der Waals surface area contributed by atoms with Crippen LogP contribution in [0, 0.1) is 10.1 Å². The molecule has 0 atom stereocenters. The predicted molar refractivity (Wildman–Crippen MR) is 74.0 cm³/mol. The highest BCUT2D eigenvalue weighted by Gasteiger charge is 2.29. The van der Waals surface area contributed by atoms with Crippen LogP contribution in [-0.4, -0.2) is 19.6 Å². The van der Waals surface area contributed by atoms with E-state index in [1.54, 1.807) is 12.1 Å². The average molecular weight is 284 g/mol. The molecule has 0 bridgehead atoms. The van der Waals surface area contributed by atoms with Crippen molar-refractivity contribution in [3.05, 3.63) is 52.3 Å². The molecule has 0 aliphatic heterocycles. The van der Waals surface area contributed by atoms with Gasteiger partial charge in [0.05, 0.1) is 22.4 Å². The van der Waals surface area contributed by atoms with Crippen LogP contribution in [0.1, 0.15) is 30.5 Å². The minimum absolute atomic E-state index is 0.109. The van der Waals surface area contributed by atoms with Crippen LogP contribution in [0.4, 0.5) is 5.69 Å². The molecule has 106 valence electrons. The molecular weight excluding hydrogens is 272 g/mol. The van der Waals surface area contributed by atoms with Crippen LogP contribution in [0.5, 0.6) is 0 Å². The summed E-state index contributed by atoms with van der Waals surface area (Å²) in [4.78, 5) is 15.0. The van der Waals surface area contributed by atoms with Crippen molar-refractivity contribution in [2.75, 3.05) is 0 Å². The molecule has 4 rings (SSSR count). The van der Waals surface area contributed by atoms with E-state index in [1.165, 1.54) is 6.07 Å². The maximum atomic E-state index is 11.0. The van der Waals surface area contributed by atoms with Crippen molar-refractivity contribution in [3.8, 4) is 0 Å². The summed E-state index contributed by atoms with van der Waals surface area (Å²) in [6.45, 7) is 0.445. The van der Waals surface area contributed by atoms with E-state index < -0.39 is 0 Å². The number of nitrogens with zero attached hydrogens (tertiary/aromatic N) is 4. The molecule has 7 heteroatoms. The largest absolute Gasteiger partial charge is 0.339 e. The highest BCUT2D eigenvalue weighted by molar-refractivity contribution is 5.89. The number of nitro benzene ring substituents is 1. The Labute approximate surface area is 119 Å². The molecule has 1 aliphatic carbocycles. The van der Waals surface area contributed by atoms with Crippen LogP contribution in [0.25, 0.3) is 10.9 Å². The molecule has 1 saturated carbocycles. The summed E-state index contributed by atoms with van der Waals surface area (Å²) in [5.74, 6) is 1.72. The van der Waals surface area contributed by atoms with Crippen LogP contribution in [0.3, 0.4) is 0 Å². The Balaban J connectivity index is 1.69. The first-order valence-corrected chi connectivity index (χ1v) is 6.77. The van der Waals surface area contributed by atoms with Crippen LogP contribution in [0.15, 0.2) is 35.0 Å². The zero-order chi connectivity index (χ0) is 14.4. The van der Waals surface area contributed by atoms with Crippen LogP contribution in [0.2, 0.25) is 0 Å². The molecule has 1 aliphatic rings. The van der Waals surface area contributed by atoms with Crippen molar-refractivity contribution in [1.82, 2.24) is 14.7 Å². The number of rotatable bonds is 4. The summed E-state index contributed by atoms with van der Waals surface area (Å²) in [5.41, 5.74) is 0.903. The smallest absolute Gasteiger partial charge is 0.278 e. The quantitative estimate of drug-likeness (QED) is 0.543. The maximum absolute atomic E-state index is 11.0. The molecule has 0 spiro atoms. The molecule has 0 saturated heterocycles. The molecule has 0 amide bonds. The summed E-state index contributed by atoms with van der Waals surface area (Å²) in [7, 11) is 0. The Bertz CT molecular complexity index is 832. The summed E-state index contributed by atoms with van der Waals surface area (Å²) in [6.07, 6.45) is 4.03. The van der Waals surface area contributed by atoms with Crippen LogP contribution in [-0.2, 0) is 6.54 Å². The number of non-ortho nitro benzene ring substituents is 1. The second-order valence-electron chi connectivity index (χ2n) is 5.23. The predicted octanol–water partition coefficient (Wildman–Crippen LogP) is 2.86. The number of nitro groups is 1. The van der Waals surface area contributed by atoms with E-state index in [9.17, 15) is 10.1 Å². The van der Waals surface area contributed by atoms with Gasteiger partial charge >= 0.3 is 0 Å². The van der Waals surface area contributed by atoms with E-state index in [0.717, 1.165) is 18.4 Å². The number of aromatic nitrogens is 3. The lowest BCUT2D eigenvalue weighted by Crippen LogP contribution is -2.00. The molecule has 1 fully saturated rings. The second-order valence-corrected chi connectivity index (χ2v) is 5.23. The topological polar surface area (TPSA) is 87.0 Å². The first kappa shape index (κ1) is 12.1. The van der Waals surface area contributed by atoms with Crippen molar-refractivity contribution in [2.24, 2.45) is 0 Å². The Kier molecular flexibility index (Phi) is 2.53. The molecule has 0 unspecified atom stereocenters. The first-order chi connectivity index (χ1) is 10.2. The van der Waals surface area contributed by atoms with E-state index in [1.807, 2.05) is 16.8 Å². The fraction of sp³-hybridized carbons (Fsp3) is 0.286. The lowest BCUT2D eigenvalue weighted by molar-refractivity contribution is -0.383. The third kappa shape index (κ3) is 2.06. The van der Waals surface area contributed by atoms with Gasteiger partial charge in [0.15, 0.2) is 5.82 Å². The van der Waals surface area contributed by atoms with Gasteiger partial charge in [0.2, 0.25) is 5.89 Å². The number of benzene rings is 1. The fourth-order valence-electron chi connectivity index (χ4n) is 2.48. The van der Waals surface area contributed by atoms with Crippen molar-refractivity contribution in [2.45, 2.75) is 25.3 Å². The highest BCUT2D eigenvalue weighted by Crippen LogP contribution is 2.38. The molecular formula is C14H12N4O3. The normalized spacial score (nSPS) is 14.7. The van der Waals surface area contributed by atoms with Gasteiger partial charge in [-0.3, -0.25) is 10.1 Å². The Morgan fingerprint density at radius 3 is 3.00 bits per heavy atom. The average Bonchev–Trinajstić information content (AvgIpc) is 3.09. The third-order valence-electron chi connectivity index (χ3n) is 3.71. The molecule has 21 heavy (non-hydrogen) atoms. The summed E-state index contributed by atoms with van der Waals surface area (Å²) >= 11 is 0. The number of hydrogen-bond acceptors (Lipinski definition) is 5. The van der Waals surface area contributed by atoms with Gasteiger partial charge in [-0.2, -0.15) is 4.98 Å². The second kappa shape index (κ2) is 4.41. The van der Waals surface area contributed by atoms with E-state index in [4.69, 9.17) is 4.52 Å². The molecule has 0 radical (unpaired) electrons. The monoisotopic (exact) mass is 284 g/mol. The lowest BCUT2D eigenvalue weighted by Gasteiger charge is -2.01. The van der Waals surface area contributed by atoms with Crippen molar-refractivity contribution in [1.29, 1.82) is 0 Å². The van der Waals surface area contributed by atoms with Crippen LogP contribution >= 0.6 is 0 Å². The van der Waals surface area contributed by atoms with Crippen molar-refractivity contribution in [3.63, 3.8) is 0 Å². The molecule has 2 heterocycles. The van der Waals surface area contributed by atoms with E-state index >= 15 is 0 Å². The number of hydrogen-bond donors (Lipinski definition) is 0. The molecule has 1 aromatic carbocycles. The number of fused-ring (bicyclic) bond motifs is 1. The first-order valence-electron chi connectivity index (χ1n) is 6.77. The van der Waals surface area contributed by atoms with Gasteiger partial charge in [-0.25, -0.2) is 0 Å². The zero-order valence-corrected chi connectivity index (χ0v) is 11.1. The highest BCUT2D eigenvalue weighted by atomic mass is 16.6. The van der Waals surface area contributed by atoms with Gasteiger partial charge < -0.3 is 9.09 Å². The molecule has 2 aromatic heterocycles. The molecule has 7 nitrogen and oxygen atoms in total. The summed E-state index contributed by atoms with van der Waals surface area (Å²) in [6, 6.07) is 6.79. The summed E-state index contributed by atoms with van der Waals surface area (Å²) < 4.78 is 7.12. The van der Waals surface area contributed by atoms with Crippen molar-refractivity contribution < 1.29 is 9.45 Å². The van der Waals surface area contributed by atoms with Gasteiger partial charge in [-0.1, -0.05) is 11.2 Å². The van der Waals surface area contributed by atoms with Crippen LogP contribution < -0.4 is 0 Å². The maximum Gasteiger partial charge on any atom is 0.278 e. The fourth-order valence-corrected chi connectivity index (χ4v) is 2.48. The van der Waals surface area contributed by atoms with Gasteiger partial charge in [0.1, 0.15) is 0 Å². The minimum Gasteiger partial charge on any atom is -0.339 e. The van der Waals surface area contributed by atoms with E-state index in [2.05, 4.69) is 10.1 Å². The molecule has 0 N–H and O–H groups in total. The SMILES string of the molecule is O=[N+]([O-])c1cccc2c1ccn2Cc1noc(C2CC2)n1. The van der Waals surface area contributed by atoms with Gasteiger partial charge in [0, 0.05) is 18.2 Å². The van der Waals surface area contributed by atoms with Gasteiger partial charge in [-0.05, 0) is 25.0 Å². The molecule has 3 aromatic rings. The zero-order valence-electron chi connectivity index (χ0n) is 11.1. The standard InChI is InChI=1S/C14H12N4O3/c19-18(20)12-3-1-2-11-10(12)6-7-17(11)8-13-15-14(21-16-13)9-4-5-9/h1-3,6-7,9H,4-5,8H2. The minimum atomic E-state index is -0.369. The Morgan fingerprint density at radius 2 is 2.24 bits per heavy atom. The lowest BCUT2D eigenvalue weighted by atomic mass is 10.2. The van der Waals surface area contributed by atoms with Crippen molar-refractivity contribution >= 4 is 16.6 Å². The Morgan fingerprint density at radius 1 is 1.38 bits per heavy atom. The van der Waals surface area contributed by atoms with E-state index in [-0.39, 0.29) is 10.6 Å². The van der Waals surface area contributed by atoms with Gasteiger partial charge in [-0.15, -0.1) is 0 Å². The third-order valence-corrected chi connectivity index (χ3v) is 3.71. The van der Waals surface area contributed by atoms with Gasteiger partial charge in [0.25, 0.3) is 5.69 Å². The summed E-state index contributed by atoms with van der Waals surface area (Å²) in [5, 5.41) is 15.6. The van der Waals surface area contributed by atoms with E-state index in [0.29, 0.717) is 29.6 Å². The Hall–Kier alpha value is -2.70.